The highest BCUT2D eigenvalue weighted by Gasteiger charge is 2.58. The average molecular weight is 1200 g/mol. The smallest absolute Gasteiger partial charge is 0.256 e. The number of carbonyl (C=O) groups is 4. The first-order valence-corrected chi connectivity index (χ1v) is 30.3. The van der Waals surface area contributed by atoms with Crippen molar-refractivity contribution < 1.29 is 54.3 Å². The summed E-state index contributed by atoms with van der Waals surface area (Å²) in [7, 11) is -7.37. The van der Waals surface area contributed by atoms with Gasteiger partial charge in [-0.3, -0.25) is 19.2 Å². The number of ether oxygens (including phenoxy) is 2. The van der Waals surface area contributed by atoms with Crippen LogP contribution in [0, 0.1) is 23.5 Å². The molecular formula is C56H66Cl4F2N4O10S2. The molecule has 2 heterocycles. The van der Waals surface area contributed by atoms with E-state index in [-0.39, 0.29) is 33.4 Å². The summed E-state index contributed by atoms with van der Waals surface area (Å²) >= 11 is 24.6. The van der Waals surface area contributed by atoms with Gasteiger partial charge in [-0.15, -0.1) is 0 Å². The Kier molecular flexibility index (Phi) is 17.9. The Morgan fingerprint density at radius 3 is 1.19 bits per heavy atom. The van der Waals surface area contributed by atoms with E-state index in [1.165, 1.54) is 47.9 Å². The molecule has 8 atom stereocenters. The largest absolute Gasteiger partial charge is 0.370 e. The fourth-order valence-corrected chi connectivity index (χ4v) is 13.6. The topological polar surface area (TPSA) is 214 Å². The maximum atomic E-state index is 14.8. The summed E-state index contributed by atoms with van der Waals surface area (Å²) in [6, 6.07) is 18.7. The molecule has 2 saturated heterocycles. The molecule has 4 aliphatic rings. The highest BCUT2D eigenvalue weighted by molar-refractivity contribution is 7.93. The third-order valence-electron chi connectivity index (χ3n) is 15.0. The molecule has 4 amide bonds. The van der Waals surface area contributed by atoms with Gasteiger partial charge in [0.15, 0.2) is 30.9 Å². The van der Waals surface area contributed by atoms with Gasteiger partial charge in [0, 0.05) is 22.1 Å². The van der Waals surface area contributed by atoms with Crippen molar-refractivity contribution in [2.45, 2.75) is 151 Å². The minimum Gasteiger partial charge on any atom is -0.370 e. The van der Waals surface area contributed by atoms with Gasteiger partial charge in [0.25, 0.3) is 11.8 Å². The predicted octanol–water partition coefficient (Wildman–Crippen LogP) is 10.8. The van der Waals surface area contributed by atoms with Crippen LogP contribution in [0.15, 0.2) is 84.9 Å². The maximum Gasteiger partial charge on any atom is 0.256 e. The molecule has 14 nitrogen and oxygen atoms in total. The molecule has 2 aliphatic carbocycles. The average Bonchev–Trinajstić information content (AvgIpc) is 4.40. The minimum absolute atomic E-state index is 0.0957. The normalized spacial score (nSPS) is 25.0. The quantitative estimate of drug-likeness (QED) is 0.108. The van der Waals surface area contributed by atoms with E-state index in [9.17, 15) is 44.8 Å². The van der Waals surface area contributed by atoms with Gasteiger partial charge in [0.05, 0.1) is 56.0 Å². The molecule has 0 spiro atoms. The maximum absolute atomic E-state index is 14.8. The second-order valence-corrected chi connectivity index (χ2v) is 30.5. The standard InChI is InChI=1S/2C28H33Cl2FN2O5S/c2*1-27(2,3)39(36,37)15-22(16-8-9-16)33-24(17-10-11-20(30)21(31)13-17)25(18-6-5-7-19(29)12-18)38-28(4,26(33)35)14-23(32)34/h2*5-7,10-13,16,22,24-25H,8-9,14-15H2,1-4H3,(H2,32,34)/t22-,24?,25-,28+;22-,24?,25-,28-/m11/s1. The number of hydrogen-bond acceptors (Lipinski definition) is 10. The Morgan fingerprint density at radius 2 is 0.923 bits per heavy atom. The molecule has 424 valence electrons. The Morgan fingerprint density at radius 1 is 0.590 bits per heavy atom. The molecule has 4 fully saturated rings. The van der Waals surface area contributed by atoms with Gasteiger partial charge in [0.1, 0.15) is 23.8 Å². The van der Waals surface area contributed by atoms with Crippen LogP contribution in [0.5, 0.6) is 0 Å². The molecule has 4 N–H and O–H groups in total. The minimum atomic E-state index is -3.69. The lowest BCUT2D eigenvalue weighted by Crippen LogP contribution is -2.62. The summed E-state index contributed by atoms with van der Waals surface area (Å²) in [6.45, 7) is 12.7. The van der Waals surface area contributed by atoms with Crippen molar-refractivity contribution in [2.75, 3.05) is 11.5 Å². The zero-order chi connectivity index (χ0) is 57.8. The molecule has 0 radical (unpaired) electrons. The molecule has 2 unspecified atom stereocenters. The van der Waals surface area contributed by atoms with E-state index < -0.39 is 125 Å². The molecular weight excluding hydrogens is 1130 g/mol. The van der Waals surface area contributed by atoms with Crippen molar-refractivity contribution in [1.29, 1.82) is 0 Å². The summed E-state index contributed by atoms with van der Waals surface area (Å²) in [5.41, 5.74) is 9.58. The van der Waals surface area contributed by atoms with Crippen LogP contribution < -0.4 is 11.5 Å². The summed E-state index contributed by atoms with van der Waals surface area (Å²) in [5, 5.41) is 0.623. The number of benzene rings is 4. The van der Waals surface area contributed by atoms with Gasteiger partial charge >= 0.3 is 0 Å². The van der Waals surface area contributed by atoms with Crippen LogP contribution in [0.3, 0.4) is 0 Å². The van der Waals surface area contributed by atoms with Gasteiger partial charge in [-0.2, -0.15) is 0 Å². The molecule has 78 heavy (non-hydrogen) atoms. The van der Waals surface area contributed by atoms with Gasteiger partial charge in [-0.05, 0) is 164 Å². The SMILES string of the molecule is CC(C)(C)S(=O)(=O)C[C@H](C1CC1)N1C(=O)[C@@](C)(CC(N)=O)O[C@H](c2cccc(Cl)c2)C1c1ccc(Cl)c(F)c1.CC(C)(C)S(=O)(=O)C[C@H](C1CC1)N1C(=O)[C@](C)(CC(N)=O)O[C@H](c2cccc(Cl)c2)C1c1ccc(Cl)c(F)c1. The zero-order valence-electron chi connectivity index (χ0n) is 44.6. The van der Waals surface area contributed by atoms with E-state index in [0.29, 0.717) is 32.3 Å². The van der Waals surface area contributed by atoms with E-state index >= 15 is 0 Å². The van der Waals surface area contributed by atoms with Crippen molar-refractivity contribution in [3.8, 4) is 0 Å². The van der Waals surface area contributed by atoms with E-state index in [0.717, 1.165) is 25.7 Å². The van der Waals surface area contributed by atoms with Gasteiger partial charge in [0.2, 0.25) is 11.8 Å². The zero-order valence-corrected chi connectivity index (χ0v) is 49.2. The van der Waals surface area contributed by atoms with E-state index in [1.54, 1.807) is 102 Å². The van der Waals surface area contributed by atoms with Crippen molar-refractivity contribution in [2.24, 2.45) is 23.3 Å². The van der Waals surface area contributed by atoms with Crippen LogP contribution in [0.2, 0.25) is 20.1 Å². The number of sulfone groups is 2. The number of nitrogens with two attached hydrogens (primary N) is 2. The number of rotatable bonds is 16. The van der Waals surface area contributed by atoms with Crippen molar-refractivity contribution >= 4 is 89.7 Å². The van der Waals surface area contributed by atoms with Crippen LogP contribution in [0.4, 0.5) is 8.78 Å². The second-order valence-electron chi connectivity index (χ2n) is 23.2. The predicted molar refractivity (Wildman–Crippen MR) is 297 cm³/mol. The molecule has 22 heteroatoms. The number of hydrogen-bond donors (Lipinski definition) is 2. The van der Waals surface area contributed by atoms with Crippen LogP contribution in [-0.4, -0.2) is 94.5 Å². The van der Waals surface area contributed by atoms with Gasteiger partial charge in [-0.25, -0.2) is 25.6 Å². The Labute approximate surface area is 475 Å². The van der Waals surface area contributed by atoms with Crippen LogP contribution >= 0.6 is 46.4 Å². The van der Waals surface area contributed by atoms with Gasteiger partial charge in [-0.1, -0.05) is 82.8 Å². The number of halogens is 6. The monoisotopic (exact) mass is 1200 g/mol. The van der Waals surface area contributed by atoms with Crippen LogP contribution in [0.25, 0.3) is 0 Å². The fourth-order valence-electron chi connectivity index (χ4n) is 10.2. The first kappa shape index (κ1) is 61.2. The summed E-state index contributed by atoms with van der Waals surface area (Å²) < 4.78 is 94.2. The van der Waals surface area contributed by atoms with Gasteiger partial charge < -0.3 is 30.7 Å². The highest BCUT2D eigenvalue weighted by atomic mass is 35.5. The molecule has 0 aromatic heterocycles. The third kappa shape index (κ3) is 13.3. The molecule has 4 aromatic rings. The first-order valence-electron chi connectivity index (χ1n) is 25.5. The summed E-state index contributed by atoms with van der Waals surface area (Å²) in [4.78, 5) is 55.9. The van der Waals surface area contributed by atoms with E-state index in [4.69, 9.17) is 67.3 Å². The Balaban J connectivity index is 0.000000226. The van der Waals surface area contributed by atoms with Crippen molar-refractivity contribution in [1.82, 2.24) is 9.80 Å². The Bertz CT molecular complexity index is 3000. The third-order valence-corrected chi connectivity index (χ3v) is 21.3. The van der Waals surface area contributed by atoms with Crippen molar-refractivity contribution in [3.63, 3.8) is 0 Å². The Hall–Kier alpha value is -4.40. The van der Waals surface area contributed by atoms with Crippen LogP contribution in [-0.2, 0) is 48.3 Å². The fraction of sp³-hybridized carbons (Fsp3) is 0.500. The number of amides is 4. The number of carbonyl (C=O) groups excluding carboxylic acids is 4. The number of morpholine rings is 2. The van der Waals surface area contributed by atoms with E-state index in [1.807, 2.05) is 0 Å². The number of primary amides is 2. The molecule has 8 rings (SSSR count). The molecule has 0 bridgehead atoms. The molecule has 4 aromatic carbocycles. The number of nitrogens with zero attached hydrogens (tertiary/aromatic N) is 2. The van der Waals surface area contributed by atoms with Crippen LogP contribution in [0.1, 0.15) is 140 Å². The summed E-state index contributed by atoms with van der Waals surface area (Å²) in [6.07, 6.45) is 0.205. The first-order chi connectivity index (χ1) is 36.1. The molecule has 2 aliphatic heterocycles. The second kappa shape index (κ2) is 22.9. The van der Waals surface area contributed by atoms with Crippen molar-refractivity contribution in [3.05, 3.63) is 139 Å². The summed E-state index contributed by atoms with van der Waals surface area (Å²) in [5.74, 6) is -4.84. The lowest BCUT2D eigenvalue weighted by Gasteiger charge is -2.52. The highest BCUT2D eigenvalue weighted by Crippen LogP contribution is 2.53. The molecule has 2 saturated carbocycles. The lowest BCUT2D eigenvalue weighted by atomic mass is 9.85. The lowest BCUT2D eigenvalue weighted by molar-refractivity contribution is -0.204. The van der Waals surface area contributed by atoms with E-state index in [2.05, 4.69) is 0 Å².